The van der Waals surface area contributed by atoms with Crippen molar-refractivity contribution >= 4 is 35.2 Å². The zero-order chi connectivity index (χ0) is 20.5. The second kappa shape index (κ2) is 11.0. The molecule has 0 radical (unpaired) electrons. The first-order chi connectivity index (χ1) is 13.4. The monoisotopic (exact) mass is 420 g/mol. The first kappa shape index (κ1) is 22.1. The zero-order valence-corrected chi connectivity index (χ0v) is 17.8. The van der Waals surface area contributed by atoms with Gasteiger partial charge in [-0.25, -0.2) is 0 Å². The minimum absolute atomic E-state index is 0.0883. The number of methoxy groups -OCH3 is 1. The first-order valence-electron chi connectivity index (χ1n) is 8.90. The molecule has 2 amide bonds. The highest BCUT2D eigenvalue weighted by Crippen LogP contribution is 2.19. The minimum Gasteiger partial charge on any atom is -0.497 e. The van der Waals surface area contributed by atoms with Crippen LogP contribution in [0, 0.1) is 0 Å². The van der Waals surface area contributed by atoms with E-state index in [9.17, 15) is 9.59 Å². The molecule has 2 aromatic carbocycles. The number of nitrogens with zero attached hydrogens (tertiary/aromatic N) is 1. The molecule has 0 aromatic heterocycles. The number of hydrogen-bond acceptors (Lipinski definition) is 4. The van der Waals surface area contributed by atoms with E-state index in [1.54, 1.807) is 32.0 Å². The van der Waals surface area contributed by atoms with Crippen LogP contribution in [-0.4, -0.2) is 42.7 Å². The van der Waals surface area contributed by atoms with E-state index in [1.165, 1.54) is 11.8 Å². The Kier molecular flexibility index (Phi) is 8.67. The fraction of sp³-hybridized carbons (Fsp3) is 0.333. The van der Waals surface area contributed by atoms with Crippen molar-refractivity contribution in [1.29, 1.82) is 0 Å². The maximum Gasteiger partial charge on any atom is 0.242 e. The minimum atomic E-state index is -0.571. The molecular formula is C21H25ClN2O3S. The molecule has 0 spiro atoms. The lowest BCUT2D eigenvalue weighted by Gasteiger charge is -2.28. The van der Waals surface area contributed by atoms with Crippen molar-refractivity contribution < 1.29 is 14.3 Å². The predicted molar refractivity (Wildman–Crippen MR) is 115 cm³/mol. The van der Waals surface area contributed by atoms with E-state index in [0.29, 0.717) is 17.3 Å². The summed E-state index contributed by atoms with van der Waals surface area (Å²) >= 11 is 7.57. The molecule has 0 heterocycles. The van der Waals surface area contributed by atoms with Gasteiger partial charge in [-0.3, -0.25) is 9.59 Å². The molecule has 0 aliphatic rings. The van der Waals surface area contributed by atoms with Gasteiger partial charge in [0.05, 0.1) is 12.9 Å². The van der Waals surface area contributed by atoms with Crippen LogP contribution in [-0.2, 0) is 21.9 Å². The maximum atomic E-state index is 12.9. The van der Waals surface area contributed by atoms with E-state index < -0.39 is 6.04 Å². The van der Waals surface area contributed by atoms with Gasteiger partial charge in [-0.1, -0.05) is 35.9 Å². The number of thioether (sulfide) groups is 1. The van der Waals surface area contributed by atoms with Crippen molar-refractivity contribution in [3.63, 3.8) is 0 Å². The Bertz CT molecular complexity index is 798. The molecule has 0 aliphatic carbocycles. The van der Waals surface area contributed by atoms with Crippen molar-refractivity contribution in [2.75, 3.05) is 19.9 Å². The van der Waals surface area contributed by atoms with Crippen LogP contribution in [0.4, 0.5) is 0 Å². The second-order valence-corrected chi connectivity index (χ2v) is 7.70. The summed E-state index contributed by atoms with van der Waals surface area (Å²) in [5, 5.41) is 3.22. The normalized spacial score (nSPS) is 11.6. The number of benzene rings is 2. The molecule has 0 aliphatic heterocycles. The van der Waals surface area contributed by atoms with Crippen LogP contribution in [0.25, 0.3) is 0 Å². The van der Waals surface area contributed by atoms with Gasteiger partial charge in [0.25, 0.3) is 0 Å². The number of ether oxygens (including phenoxy) is 1. The predicted octanol–water partition coefficient (Wildman–Crippen LogP) is 3.75. The van der Waals surface area contributed by atoms with Crippen molar-refractivity contribution in [2.24, 2.45) is 0 Å². The average molecular weight is 421 g/mol. The van der Waals surface area contributed by atoms with Gasteiger partial charge in [0.1, 0.15) is 11.8 Å². The van der Waals surface area contributed by atoms with E-state index in [0.717, 1.165) is 16.9 Å². The summed E-state index contributed by atoms with van der Waals surface area (Å²) in [4.78, 5) is 26.6. The molecule has 0 unspecified atom stereocenters. The molecule has 2 aromatic rings. The lowest BCUT2D eigenvalue weighted by Crippen LogP contribution is -2.47. The van der Waals surface area contributed by atoms with Gasteiger partial charge < -0.3 is 15.0 Å². The average Bonchev–Trinajstić information content (AvgIpc) is 2.71. The third-order valence-electron chi connectivity index (χ3n) is 4.31. The number of rotatable bonds is 9. The van der Waals surface area contributed by atoms with Crippen molar-refractivity contribution in [3.8, 4) is 5.75 Å². The summed E-state index contributed by atoms with van der Waals surface area (Å²) in [5.74, 6) is 1.50. The Morgan fingerprint density at radius 2 is 1.89 bits per heavy atom. The van der Waals surface area contributed by atoms with Crippen molar-refractivity contribution in [1.82, 2.24) is 10.2 Å². The highest BCUT2D eigenvalue weighted by molar-refractivity contribution is 7.99. The summed E-state index contributed by atoms with van der Waals surface area (Å²) in [6.45, 7) is 2.06. The number of carbonyl (C=O) groups is 2. The Balaban J connectivity index is 2.01. The lowest BCUT2D eigenvalue weighted by molar-refractivity contribution is -0.138. The van der Waals surface area contributed by atoms with Gasteiger partial charge in [0.2, 0.25) is 11.8 Å². The molecule has 1 atom stereocenters. The number of carbonyl (C=O) groups excluding carboxylic acids is 2. The highest BCUT2D eigenvalue weighted by atomic mass is 35.5. The molecule has 1 N–H and O–H groups in total. The fourth-order valence-electron chi connectivity index (χ4n) is 2.68. The Morgan fingerprint density at radius 1 is 1.18 bits per heavy atom. The summed E-state index contributed by atoms with van der Waals surface area (Å²) in [5.41, 5.74) is 2.00. The SMILES string of the molecule is CNC(=O)[C@@H](C)N(Cc1cccc(Cl)c1)C(=O)CSCc1ccc(OC)cc1. The number of nitrogens with one attached hydrogen (secondary N) is 1. The molecule has 0 saturated carbocycles. The molecule has 0 saturated heterocycles. The van der Waals surface area contributed by atoms with Crippen LogP contribution in [0.3, 0.4) is 0 Å². The zero-order valence-electron chi connectivity index (χ0n) is 16.3. The smallest absolute Gasteiger partial charge is 0.242 e. The van der Waals surface area contributed by atoms with Gasteiger partial charge in [0.15, 0.2) is 0 Å². The number of halogens is 1. The van der Waals surface area contributed by atoms with E-state index in [2.05, 4.69) is 5.32 Å². The quantitative estimate of drug-likeness (QED) is 0.671. The second-order valence-electron chi connectivity index (χ2n) is 6.28. The van der Waals surface area contributed by atoms with Crippen molar-refractivity contribution in [2.45, 2.75) is 25.3 Å². The number of likely N-dealkylation sites (N-methyl/N-ethyl adjacent to an activating group) is 1. The third kappa shape index (κ3) is 6.46. The van der Waals surface area contributed by atoms with Gasteiger partial charge >= 0.3 is 0 Å². The summed E-state index contributed by atoms with van der Waals surface area (Å²) in [7, 11) is 3.20. The fourth-order valence-corrected chi connectivity index (χ4v) is 3.77. The Labute approximate surface area is 175 Å². The van der Waals surface area contributed by atoms with Crippen LogP contribution in [0.2, 0.25) is 5.02 Å². The van der Waals surface area contributed by atoms with Gasteiger partial charge in [-0.15, -0.1) is 11.8 Å². The van der Waals surface area contributed by atoms with Crippen LogP contribution < -0.4 is 10.1 Å². The Morgan fingerprint density at radius 3 is 2.50 bits per heavy atom. The maximum absolute atomic E-state index is 12.9. The first-order valence-corrected chi connectivity index (χ1v) is 10.4. The molecule has 5 nitrogen and oxygen atoms in total. The summed E-state index contributed by atoms with van der Waals surface area (Å²) in [6.07, 6.45) is 0. The molecule has 28 heavy (non-hydrogen) atoms. The standard InChI is InChI=1S/C21H25ClN2O3S/c1-15(21(26)23-2)24(12-17-5-4-6-18(22)11-17)20(25)14-28-13-16-7-9-19(27-3)10-8-16/h4-11,15H,12-14H2,1-3H3,(H,23,26)/t15-/m1/s1. The van der Waals surface area contributed by atoms with E-state index in [4.69, 9.17) is 16.3 Å². The molecule has 2 rings (SSSR count). The highest BCUT2D eigenvalue weighted by Gasteiger charge is 2.25. The lowest BCUT2D eigenvalue weighted by atomic mass is 10.1. The molecular weight excluding hydrogens is 396 g/mol. The topological polar surface area (TPSA) is 58.6 Å². The number of hydrogen-bond donors (Lipinski definition) is 1. The van der Waals surface area contributed by atoms with Gasteiger partial charge in [-0.2, -0.15) is 0 Å². The Hall–Kier alpha value is -2.18. The largest absolute Gasteiger partial charge is 0.497 e. The van der Waals surface area contributed by atoms with Gasteiger partial charge in [0, 0.05) is 24.4 Å². The van der Waals surface area contributed by atoms with E-state index in [1.807, 2.05) is 42.5 Å². The van der Waals surface area contributed by atoms with Gasteiger partial charge in [-0.05, 0) is 42.3 Å². The number of amides is 2. The molecule has 7 heteroatoms. The van der Waals surface area contributed by atoms with Crippen LogP contribution in [0.1, 0.15) is 18.1 Å². The van der Waals surface area contributed by atoms with Crippen LogP contribution in [0.15, 0.2) is 48.5 Å². The molecule has 0 fully saturated rings. The summed E-state index contributed by atoms with van der Waals surface area (Å²) in [6, 6.07) is 14.5. The van der Waals surface area contributed by atoms with E-state index in [-0.39, 0.29) is 17.6 Å². The van der Waals surface area contributed by atoms with Crippen LogP contribution in [0.5, 0.6) is 5.75 Å². The van der Waals surface area contributed by atoms with E-state index >= 15 is 0 Å². The summed E-state index contributed by atoms with van der Waals surface area (Å²) < 4.78 is 5.15. The van der Waals surface area contributed by atoms with Crippen LogP contribution >= 0.6 is 23.4 Å². The molecule has 0 bridgehead atoms. The molecule has 150 valence electrons. The van der Waals surface area contributed by atoms with Crippen molar-refractivity contribution in [3.05, 3.63) is 64.7 Å². The third-order valence-corrected chi connectivity index (χ3v) is 5.53.